The normalized spacial score (nSPS) is 10.2. The van der Waals surface area contributed by atoms with E-state index in [-0.39, 0.29) is 5.78 Å². The summed E-state index contributed by atoms with van der Waals surface area (Å²) < 4.78 is 1.94. The first-order valence-corrected chi connectivity index (χ1v) is 5.71. The van der Waals surface area contributed by atoms with Gasteiger partial charge in [0.25, 0.3) is 0 Å². The maximum absolute atomic E-state index is 12.0. The van der Waals surface area contributed by atoms with Gasteiger partial charge < -0.3 is 0 Å². The zero-order valence-corrected chi connectivity index (χ0v) is 10.2. The van der Waals surface area contributed by atoms with Crippen LogP contribution in [0.1, 0.15) is 21.5 Å². The predicted octanol–water partition coefficient (Wildman–Crippen LogP) is 2.47. The molecule has 0 saturated heterocycles. The van der Waals surface area contributed by atoms with Crippen molar-refractivity contribution in [2.24, 2.45) is 0 Å². The molecule has 2 rings (SSSR count). The van der Waals surface area contributed by atoms with Crippen LogP contribution in [0.4, 0.5) is 0 Å². The second-order valence-corrected chi connectivity index (χ2v) is 4.35. The van der Waals surface area contributed by atoms with Crippen molar-refractivity contribution in [3.8, 4) is 0 Å². The number of aryl methyl sites for hydroxylation is 2. The maximum Gasteiger partial charge on any atom is 0.227 e. The molecule has 0 fully saturated rings. The highest BCUT2D eigenvalue weighted by atomic mass is 16.1. The molecule has 1 heterocycles. The van der Waals surface area contributed by atoms with E-state index in [1.807, 2.05) is 61.1 Å². The fourth-order valence-corrected chi connectivity index (χ4v) is 1.97. The van der Waals surface area contributed by atoms with Gasteiger partial charge in [-0.05, 0) is 19.9 Å². The largest absolute Gasteiger partial charge is 0.287 e. The van der Waals surface area contributed by atoms with Crippen molar-refractivity contribution in [2.45, 2.75) is 20.4 Å². The Labute approximate surface area is 102 Å². The Bertz CT molecular complexity index is 512. The molecule has 0 saturated carbocycles. The Kier molecular flexibility index (Phi) is 3.33. The van der Waals surface area contributed by atoms with Crippen LogP contribution in [0.2, 0.25) is 0 Å². The van der Waals surface area contributed by atoms with Gasteiger partial charge in [-0.1, -0.05) is 30.3 Å². The van der Waals surface area contributed by atoms with Crippen molar-refractivity contribution < 1.29 is 9.36 Å². The molecule has 0 N–H and O–H groups in total. The van der Waals surface area contributed by atoms with Crippen molar-refractivity contribution in [2.75, 3.05) is 0 Å². The second kappa shape index (κ2) is 4.91. The average Bonchev–Trinajstić information content (AvgIpc) is 2.28. The van der Waals surface area contributed by atoms with Gasteiger partial charge >= 0.3 is 0 Å². The lowest BCUT2D eigenvalue weighted by Crippen LogP contribution is -2.38. The van der Waals surface area contributed by atoms with E-state index in [2.05, 4.69) is 6.07 Å². The number of carbonyl (C=O) groups excluding carboxylic acids is 1. The van der Waals surface area contributed by atoms with E-state index < -0.39 is 0 Å². The van der Waals surface area contributed by atoms with Gasteiger partial charge in [0.15, 0.2) is 12.4 Å². The van der Waals surface area contributed by atoms with E-state index in [0.717, 1.165) is 5.56 Å². The van der Waals surface area contributed by atoms with Crippen LogP contribution in [0.15, 0.2) is 48.8 Å². The van der Waals surface area contributed by atoms with Gasteiger partial charge in [0, 0.05) is 16.7 Å². The van der Waals surface area contributed by atoms with Crippen LogP contribution in [-0.4, -0.2) is 5.78 Å². The molecule has 0 bridgehead atoms. The molecular weight excluding hydrogens is 210 g/mol. The number of Topliss-reactive ketones (excluding diaryl/α,β-unsaturated/α-hetero) is 1. The lowest BCUT2D eigenvalue weighted by atomic mass is 10.1. The molecule has 1 aromatic heterocycles. The van der Waals surface area contributed by atoms with Crippen LogP contribution < -0.4 is 4.57 Å². The first kappa shape index (κ1) is 11.5. The number of benzene rings is 1. The summed E-state index contributed by atoms with van der Waals surface area (Å²) >= 11 is 0. The molecule has 0 amide bonds. The zero-order valence-electron chi connectivity index (χ0n) is 10.2. The standard InChI is InChI=1S/C15H16NO/c1-12-8-13(2)10-16(9-12)11-15(17)14-6-4-3-5-7-14/h3-10H,11H2,1-2H3/q+1. The summed E-state index contributed by atoms with van der Waals surface area (Å²) in [6.07, 6.45) is 3.99. The molecule has 86 valence electrons. The monoisotopic (exact) mass is 226 g/mol. The molecule has 17 heavy (non-hydrogen) atoms. The third kappa shape index (κ3) is 3.00. The Morgan fingerprint density at radius 2 is 1.65 bits per heavy atom. The summed E-state index contributed by atoms with van der Waals surface area (Å²) in [4.78, 5) is 12.0. The highest BCUT2D eigenvalue weighted by Gasteiger charge is 2.12. The molecule has 0 aliphatic carbocycles. The number of nitrogens with zero attached hydrogens (tertiary/aromatic N) is 1. The van der Waals surface area contributed by atoms with Crippen LogP contribution in [-0.2, 0) is 6.54 Å². The summed E-state index contributed by atoms with van der Waals surface area (Å²) in [6, 6.07) is 11.5. The quantitative estimate of drug-likeness (QED) is 0.582. The van der Waals surface area contributed by atoms with Gasteiger partial charge in [-0.25, -0.2) is 0 Å². The van der Waals surface area contributed by atoms with E-state index in [9.17, 15) is 4.79 Å². The molecule has 0 spiro atoms. The van der Waals surface area contributed by atoms with E-state index in [1.54, 1.807) is 0 Å². The Morgan fingerprint density at radius 1 is 1.06 bits per heavy atom. The number of hydrogen-bond acceptors (Lipinski definition) is 1. The molecule has 0 atom stereocenters. The molecule has 1 aromatic carbocycles. The van der Waals surface area contributed by atoms with Crippen molar-refractivity contribution in [3.63, 3.8) is 0 Å². The number of pyridine rings is 1. The Morgan fingerprint density at radius 3 is 2.24 bits per heavy atom. The molecule has 2 nitrogen and oxygen atoms in total. The highest BCUT2D eigenvalue weighted by Crippen LogP contribution is 2.01. The number of aromatic nitrogens is 1. The minimum Gasteiger partial charge on any atom is -0.287 e. The van der Waals surface area contributed by atoms with Crippen LogP contribution in [0.3, 0.4) is 0 Å². The van der Waals surface area contributed by atoms with Crippen LogP contribution in [0, 0.1) is 13.8 Å². The minimum absolute atomic E-state index is 0.139. The summed E-state index contributed by atoms with van der Waals surface area (Å²) in [5.74, 6) is 0.139. The number of rotatable bonds is 3. The summed E-state index contributed by atoms with van der Waals surface area (Å²) in [5.41, 5.74) is 3.11. The smallest absolute Gasteiger partial charge is 0.227 e. The zero-order chi connectivity index (χ0) is 12.3. The number of carbonyl (C=O) groups is 1. The lowest BCUT2D eigenvalue weighted by Gasteiger charge is -2.00. The molecule has 0 aliphatic heterocycles. The fourth-order valence-electron chi connectivity index (χ4n) is 1.97. The van der Waals surface area contributed by atoms with Crippen LogP contribution in [0.25, 0.3) is 0 Å². The third-order valence-corrected chi connectivity index (χ3v) is 2.62. The molecule has 2 aromatic rings. The average molecular weight is 226 g/mol. The third-order valence-electron chi connectivity index (χ3n) is 2.62. The number of ketones is 1. The van der Waals surface area contributed by atoms with Gasteiger partial charge in [0.1, 0.15) is 0 Å². The number of hydrogen-bond donors (Lipinski definition) is 0. The fraction of sp³-hybridized carbons (Fsp3) is 0.200. The summed E-state index contributed by atoms with van der Waals surface area (Å²) in [6.45, 7) is 4.47. The highest BCUT2D eigenvalue weighted by molar-refractivity contribution is 5.94. The van der Waals surface area contributed by atoms with Gasteiger partial charge in [-0.3, -0.25) is 4.79 Å². The van der Waals surface area contributed by atoms with E-state index in [4.69, 9.17) is 0 Å². The SMILES string of the molecule is Cc1cc(C)c[n+](CC(=O)c2ccccc2)c1. The van der Waals surface area contributed by atoms with E-state index in [0.29, 0.717) is 6.54 Å². The Hall–Kier alpha value is -1.96. The van der Waals surface area contributed by atoms with Gasteiger partial charge in [-0.15, -0.1) is 0 Å². The van der Waals surface area contributed by atoms with E-state index in [1.165, 1.54) is 11.1 Å². The molecular formula is C15H16NO+. The predicted molar refractivity (Wildman–Crippen MR) is 66.9 cm³/mol. The van der Waals surface area contributed by atoms with Gasteiger partial charge in [0.2, 0.25) is 12.3 Å². The molecule has 0 radical (unpaired) electrons. The molecule has 0 unspecified atom stereocenters. The second-order valence-electron chi connectivity index (χ2n) is 4.35. The Balaban J connectivity index is 2.19. The van der Waals surface area contributed by atoms with Crippen molar-refractivity contribution in [1.29, 1.82) is 0 Å². The van der Waals surface area contributed by atoms with Crippen molar-refractivity contribution >= 4 is 5.78 Å². The lowest BCUT2D eigenvalue weighted by molar-refractivity contribution is -0.683. The summed E-state index contributed by atoms with van der Waals surface area (Å²) in [5, 5.41) is 0. The maximum atomic E-state index is 12.0. The first-order chi connectivity index (χ1) is 8.15. The van der Waals surface area contributed by atoms with Crippen molar-refractivity contribution in [1.82, 2.24) is 0 Å². The minimum atomic E-state index is 0.139. The first-order valence-electron chi connectivity index (χ1n) is 5.71. The molecule has 2 heteroatoms. The van der Waals surface area contributed by atoms with Crippen molar-refractivity contribution in [3.05, 3.63) is 65.5 Å². The summed E-state index contributed by atoms with van der Waals surface area (Å²) in [7, 11) is 0. The van der Waals surface area contributed by atoms with Gasteiger partial charge in [0.05, 0.1) is 0 Å². The van der Waals surface area contributed by atoms with E-state index >= 15 is 0 Å². The topological polar surface area (TPSA) is 20.9 Å². The van der Waals surface area contributed by atoms with Crippen LogP contribution in [0.5, 0.6) is 0 Å². The van der Waals surface area contributed by atoms with Gasteiger partial charge in [-0.2, -0.15) is 4.57 Å². The molecule has 0 aliphatic rings. The van der Waals surface area contributed by atoms with Crippen LogP contribution >= 0.6 is 0 Å².